The molecule has 5 nitrogen and oxygen atoms in total. The summed E-state index contributed by atoms with van der Waals surface area (Å²) in [7, 11) is 0. The zero-order chi connectivity index (χ0) is 15.6. The molecule has 1 aliphatic carbocycles. The molecule has 0 N–H and O–H groups in total. The van der Waals surface area contributed by atoms with Crippen LogP contribution >= 0.6 is 11.6 Å². The topological polar surface area (TPSA) is 52.8 Å². The summed E-state index contributed by atoms with van der Waals surface area (Å²) < 4.78 is 7.84. The second kappa shape index (κ2) is 6.26. The third-order valence-corrected chi connectivity index (χ3v) is 4.45. The van der Waals surface area contributed by atoms with Crippen molar-refractivity contribution in [2.75, 3.05) is 0 Å². The van der Waals surface area contributed by atoms with Crippen molar-refractivity contribution in [2.24, 2.45) is 5.92 Å². The highest BCUT2D eigenvalue weighted by Crippen LogP contribution is 2.32. The van der Waals surface area contributed by atoms with Crippen molar-refractivity contribution >= 4 is 22.8 Å². The standard InChI is InChI=1S/C17H17ClN4O/c18-16-9-19-15-8-20-22(17(15)21-16)10-13-6-14(7-13)23-11-12-4-2-1-3-5-12/h1-5,8-9,13-14H,6-7,10-11H2/t13-,14-. The fraction of sp³-hybridized carbons (Fsp3) is 0.353. The van der Waals surface area contributed by atoms with Gasteiger partial charge in [-0.3, -0.25) is 0 Å². The van der Waals surface area contributed by atoms with Gasteiger partial charge in [0.25, 0.3) is 0 Å². The SMILES string of the molecule is Clc1cnc2cnn(C[C@H]3C[C@H](OCc4ccccc4)C3)c2n1. The van der Waals surface area contributed by atoms with Gasteiger partial charge in [-0.15, -0.1) is 0 Å². The molecule has 2 heterocycles. The summed E-state index contributed by atoms with van der Waals surface area (Å²) in [5.74, 6) is 0.569. The number of fused-ring (bicyclic) bond motifs is 1. The first-order chi connectivity index (χ1) is 11.3. The second-order valence-corrected chi connectivity index (χ2v) is 6.37. The summed E-state index contributed by atoms with van der Waals surface area (Å²) in [6, 6.07) is 10.3. The smallest absolute Gasteiger partial charge is 0.178 e. The zero-order valence-corrected chi connectivity index (χ0v) is 13.4. The summed E-state index contributed by atoms with van der Waals surface area (Å²) in [5.41, 5.74) is 2.76. The van der Waals surface area contributed by atoms with Crippen LogP contribution < -0.4 is 0 Å². The molecule has 118 valence electrons. The maximum Gasteiger partial charge on any atom is 0.178 e. The van der Waals surface area contributed by atoms with Gasteiger partial charge in [0.1, 0.15) is 10.7 Å². The molecule has 23 heavy (non-hydrogen) atoms. The Balaban J connectivity index is 1.31. The molecule has 0 aliphatic heterocycles. The van der Waals surface area contributed by atoms with Gasteiger partial charge in [-0.05, 0) is 24.3 Å². The summed E-state index contributed by atoms with van der Waals surface area (Å²) >= 11 is 5.92. The Morgan fingerprint density at radius 2 is 2.00 bits per heavy atom. The molecule has 6 heteroatoms. The number of hydrogen-bond donors (Lipinski definition) is 0. The molecule has 0 radical (unpaired) electrons. The monoisotopic (exact) mass is 328 g/mol. The summed E-state index contributed by atoms with van der Waals surface area (Å²) in [4.78, 5) is 8.54. The molecule has 3 aromatic rings. The van der Waals surface area contributed by atoms with Crippen molar-refractivity contribution in [3.63, 3.8) is 0 Å². The lowest BCUT2D eigenvalue weighted by Crippen LogP contribution is -2.34. The normalized spacial score (nSPS) is 20.6. The lowest BCUT2D eigenvalue weighted by molar-refractivity contribution is -0.0446. The first kappa shape index (κ1) is 14.6. The van der Waals surface area contributed by atoms with E-state index in [0.717, 1.165) is 30.6 Å². The largest absolute Gasteiger partial charge is 0.374 e. The van der Waals surface area contributed by atoms with Crippen molar-refractivity contribution in [2.45, 2.75) is 32.1 Å². The quantitative estimate of drug-likeness (QED) is 0.719. The summed E-state index contributed by atoms with van der Waals surface area (Å²) in [5, 5.41) is 4.77. The molecule has 0 spiro atoms. The van der Waals surface area contributed by atoms with Crippen LogP contribution in [0.1, 0.15) is 18.4 Å². The van der Waals surface area contributed by atoms with E-state index in [1.54, 1.807) is 12.4 Å². The van der Waals surface area contributed by atoms with Crippen molar-refractivity contribution in [1.82, 2.24) is 19.7 Å². The van der Waals surface area contributed by atoms with Crippen molar-refractivity contribution in [3.05, 3.63) is 53.4 Å². The van der Waals surface area contributed by atoms with E-state index >= 15 is 0 Å². The highest BCUT2D eigenvalue weighted by Gasteiger charge is 2.30. The Morgan fingerprint density at radius 3 is 2.83 bits per heavy atom. The maximum atomic E-state index is 5.94. The average molecular weight is 329 g/mol. The van der Waals surface area contributed by atoms with Crippen LogP contribution in [0.5, 0.6) is 0 Å². The Hall–Kier alpha value is -1.98. The van der Waals surface area contributed by atoms with E-state index in [0.29, 0.717) is 23.8 Å². The molecule has 0 atom stereocenters. The molecule has 0 unspecified atom stereocenters. The molecule has 0 saturated heterocycles. The maximum absolute atomic E-state index is 5.94. The van der Waals surface area contributed by atoms with Gasteiger partial charge < -0.3 is 4.74 Å². The molecular weight excluding hydrogens is 312 g/mol. The predicted molar refractivity (Wildman–Crippen MR) is 88.1 cm³/mol. The van der Waals surface area contributed by atoms with Gasteiger partial charge in [0.15, 0.2) is 5.65 Å². The number of nitrogens with zero attached hydrogens (tertiary/aromatic N) is 4. The van der Waals surface area contributed by atoms with Crippen LogP contribution in [0.2, 0.25) is 5.15 Å². The predicted octanol–water partition coefficient (Wildman–Crippen LogP) is 3.48. The van der Waals surface area contributed by atoms with Gasteiger partial charge in [-0.1, -0.05) is 41.9 Å². The van der Waals surface area contributed by atoms with Crippen molar-refractivity contribution in [1.29, 1.82) is 0 Å². The molecule has 4 rings (SSSR count). The van der Waals surface area contributed by atoms with E-state index in [1.807, 2.05) is 22.9 Å². The van der Waals surface area contributed by atoms with Crippen LogP contribution in [0.15, 0.2) is 42.7 Å². The first-order valence-corrected chi connectivity index (χ1v) is 8.15. The lowest BCUT2D eigenvalue weighted by Gasteiger charge is -2.35. The van der Waals surface area contributed by atoms with Crippen LogP contribution in [0.3, 0.4) is 0 Å². The zero-order valence-electron chi connectivity index (χ0n) is 12.6. The third-order valence-electron chi connectivity index (χ3n) is 4.27. The van der Waals surface area contributed by atoms with E-state index < -0.39 is 0 Å². The molecule has 0 amide bonds. The summed E-state index contributed by atoms with van der Waals surface area (Å²) in [6.07, 6.45) is 5.74. The van der Waals surface area contributed by atoms with Crippen molar-refractivity contribution < 1.29 is 4.74 Å². The van der Waals surface area contributed by atoms with E-state index in [1.165, 1.54) is 5.56 Å². The van der Waals surface area contributed by atoms with Crippen LogP contribution in [0.4, 0.5) is 0 Å². The molecule has 1 aromatic carbocycles. The number of aromatic nitrogens is 4. The second-order valence-electron chi connectivity index (χ2n) is 5.98. The van der Waals surface area contributed by atoms with E-state index in [-0.39, 0.29) is 0 Å². The number of hydrogen-bond acceptors (Lipinski definition) is 4. The first-order valence-electron chi connectivity index (χ1n) is 7.77. The van der Waals surface area contributed by atoms with Gasteiger partial charge in [0.2, 0.25) is 0 Å². The number of halogens is 1. The minimum Gasteiger partial charge on any atom is -0.374 e. The fourth-order valence-corrected chi connectivity index (χ4v) is 3.08. The average Bonchev–Trinajstić information content (AvgIpc) is 2.92. The van der Waals surface area contributed by atoms with Gasteiger partial charge >= 0.3 is 0 Å². The molecule has 2 aromatic heterocycles. The third kappa shape index (κ3) is 3.21. The van der Waals surface area contributed by atoms with E-state index in [2.05, 4.69) is 27.2 Å². The van der Waals surface area contributed by atoms with Crippen LogP contribution in [-0.2, 0) is 17.9 Å². The van der Waals surface area contributed by atoms with Crippen LogP contribution in [0.25, 0.3) is 11.2 Å². The van der Waals surface area contributed by atoms with Crippen molar-refractivity contribution in [3.8, 4) is 0 Å². The van der Waals surface area contributed by atoms with E-state index in [9.17, 15) is 0 Å². The molecule has 0 bridgehead atoms. The number of benzene rings is 1. The summed E-state index contributed by atoms with van der Waals surface area (Å²) in [6.45, 7) is 1.52. The highest BCUT2D eigenvalue weighted by atomic mass is 35.5. The number of ether oxygens (including phenoxy) is 1. The van der Waals surface area contributed by atoms with E-state index in [4.69, 9.17) is 16.3 Å². The Bertz CT molecular complexity index is 799. The molecule has 1 saturated carbocycles. The lowest BCUT2D eigenvalue weighted by atomic mass is 9.82. The minimum absolute atomic E-state index is 0.344. The van der Waals surface area contributed by atoms with Gasteiger partial charge in [-0.2, -0.15) is 5.10 Å². The van der Waals surface area contributed by atoms with Gasteiger partial charge in [0.05, 0.1) is 25.1 Å². The Kier molecular flexibility index (Phi) is 3.97. The van der Waals surface area contributed by atoms with Crippen LogP contribution in [-0.4, -0.2) is 25.9 Å². The molecule has 1 fully saturated rings. The highest BCUT2D eigenvalue weighted by molar-refractivity contribution is 6.29. The fourth-order valence-electron chi connectivity index (χ4n) is 2.95. The molecule has 1 aliphatic rings. The number of rotatable bonds is 5. The minimum atomic E-state index is 0.344. The Labute approximate surface area is 139 Å². The van der Waals surface area contributed by atoms with Gasteiger partial charge in [0, 0.05) is 6.54 Å². The van der Waals surface area contributed by atoms with Crippen LogP contribution in [0, 0.1) is 5.92 Å². The Morgan fingerprint density at radius 1 is 1.17 bits per heavy atom. The van der Waals surface area contributed by atoms with Gasteiger partial charge in [-0.25, -0.2) is 14.6 Å². The molecular formula is C17H17ClN4O.